The largest absolute Gasteiger partial charge is 0.396 e. The Morgan fingerprint density at radius 1 is 1.33 bits per heavy atom. The van der Waals surface area contributed by atoms with Gasteiger partial charge < -0.3 is 5.11 Å². The Labute approximate surface area is 89.3 Å². The predicted molar refractivity (Wildman–Crippen MR) is 55.5 cm³/mol. The number of hydrogen-bond donors (Lipinski definition) is 1. The molecule has 2 aliphatic rings. The lowest BCUT2D eigenvalue weighted by atomic mass is 9.85. The molecule has 15 heavy (non-hydrogen) atoms. The predicted octanol–water partition coefficient (Wildman–Crippen LogP) is 1.10. The highest BCUT2D eigenvalue weighted by Gasteiger charge is 2.27. The van der Waals surface area contributed by atoms with Crippen LogP contribution >= 0.6 is 0 Å². The van der Waals surface area contributed by atoms with Gasteiger partial charge in [0.15, 0.2) is 5.82 Å². The van der Waals surface area contributed by atoms with Gasteiger partial charge in [0.1, 0.15) is 5.82 Å². The van der Waals surface area contributed by atoms with Gasteiger partial charge in [0.25, 0.3) is 0 Å². The maximum absolute atomic E-state index is 9.13. The molecule has 3 rings (SSSR count). The summed E-state index contributed by atoms with van der Waals surface area (Å²) in [5, 5.41) is 13.7. The molecule has 0 saturated heterocycles. The van der Waals surface area contributed by atoms with Crippen LogP contribution in [0.1, 0.15) is 43.3 Å². The van der Waals surface area contributed by atoms with E-state index in [9.17, 15) is 0 Å². The normalized spacial score (nSPS) is 26.1. The lowest BCUT2D eigenvalue weighted by molar-refractivity contribution is 0.196. The van der Waals surface area contributed by atoms with Gasteiger partial charge in [0, 0.05) is 25.5 Å². The van der Waals surface area contributed by atoms with Crippen LogP contribution in [0, 0.1) is 5.92 Å². The number of hydrogen-bond acceptors (Lipinski definition) is 3. The Kier molecular flexibility index (Phi) is 2.24. The molecular weight excluding hydrogens is 190 g/mol. The molecule has 1 atom stereocenters. The van der Waals surface area contributed by atoms with Gasteiger partial charge in [-0.15, -0.1) is 0 Å². The van der Waals surface area contributed by atoms with Crippen molar-refractivity contribution in [1.29, 1.82) is 0 Å². The number of nitrogens with zero attached hydrogens (tertiary/aromatic N) is 3. The van der Waals surface area contributed by atoms with E-state index in [0.717, 1.165) is 31.0 Å². The Balaban J connectivity index is 1.81. The van der Waals surface area contributed by atoms with Gasteiger partial charge in [-0.05, 0) is 25.2 Å². The fourth-order valence-corrected chi connectivity index (χ4v) is 2.38. The van der Waals surface area contributed by atoms with Crippen molar-refractivity contribution >= 4 is 0 Å². The number of aryl methyl sites for hydroxylation is 1. The topological polar surface area (TPSA) is 50.9 Å². The Morgan fingerprint density at radius 3 is 2.87 bits per heavy atom. The molecule has 1 aliphatic heterocycles. The highest BCUT2D eigenvalue weighted by Crippen LogP contribution is 2.35. The fourth-order valence-electron chi connectivity index (χ4n) is 2.38. The van der Waals surface area contributed by atoms with Crippen molar-refractivity contribution in [2.75, 3.05) is 6.61 Å². The van der Waals surface area contributed by atoms with Crippen molar-refractivity contribution in [2.24, 2.45) is 5.92 Å². The zero-order valence-corrected chi connectivity index (χ0v) is 8.89. The molecule has 0 spiro atoms. The minimum absolute atomic E-state index is 0.283. The Bertz CT molecular complexity index is 357. The van der Waals surface area contributed by atoms with Gasteiger partial charge in [-0.25, -0.2) is 9.67 Å². The summed E-state index contributed by atoms with van der Waals surface area (Å²) in [6.45, 7) is 1.21. The quantitative estimate of drug-likeness (QED) is 0.790. The van der Waals surface area contributed by atoms with Gasteiger partial charge in [0.05, 0.1) is 0 Å². The number of aliphatic hydroxyl groups is 1. The van der Waals surface area contributed by atoms with E-state index in [-0.39, 0.29) is 6.61 Å². The third kappa shape index (κ3) is 1.57. The first-order valence-electron chi connectivity index (χ1n) is 5.91. The van der Waals surface area contributed by atoms with Gasteiger partial charge in [-0.2, -0.15) is 5.10 Å². The smallest absolute Gasteiger partial charge is 0.154 e. The van der Waals surface area contributed by atoms with E-state index in [4.69, 9.17) is 5.11 Å². The zero-order valence-electron chi connectivity index (χ0n) is 8.89. The molecule has 1 saturated carbocycles. The average Bonchev–Trinajstić information content (AvgIpc) is 2.56. The van der Waals surface area contributed by atoms with Crippen molar-refractivity contribution < 1.29 is 5.11 Å². The summed E-state index contributed by atoms with van der Waals surface area (Å²) in [7, 11) is 0. The first kappa shape index (κ1) is 9.33. The van der Waals surface area contributed by atoms with Crippen LogP contribution in [0.2, 0.25) is 0 Å². The average molecular weight is 207 g/mol. The Morgan fingerprint density at radius 2 is 2.20 bits per heavy atom. The molecule has 4 heteroatoms. The second-order valence-electron chi connectivity index (χ2n) is 4.78. The highest BCUT2D eigenvalue weighted by atomic mass is 16.3. The number of aromatic nitrogens is 3. The van der Waals surface area contributed by atoms with E-state index in [1.54, 1.807) is 0 Å². The van der Waals surface area contributed by atoms with Crippen molar-refractivity contribution in [2.45, 2.75) is 44.6 Å². The lowest BCUT2D eigenvalue weighted by Gasteiger charge is -2.21. The minimum Gasteiger partial charge on any atom is -0.396 e. The summed E-state index contributed by atoms with van der Waals surface area (Å²) < 4.78 is 2.04. The summed E-state index contributed by atoms with van der Waals surface area (Å²) in [5.41, 5.74) is 0. The van der Waals surface area contributed by atoms with E-state index < -0.39 is 0 Å². The molecule has 0 radical (unpaired) electrons. The number of fused-ring (bicyclic) bond motifs is 1. The summed E-state index contributed by atoms with van der Waals surface area (Å²) in [6.07, 6.45) is 5.78. The third-order valence-corrected chi connectivity index (χ3v) is 3.71. The van der Waals surface area contributed by atoms with Crippen LogP contribution in [0.25, 0.3) is 0 Å². The molecule has 2 heterocycles. The molecule has 1 fully saturated rings. The summed E-state index contributed by atoms with van der Waals surface area (Å²) in [5.74, 6) is 3.16. The van der Waals surface area contributed by atoms with Crippen molar-refractivity contribution in [3.8, 4) is 0 Å². The summed E-state index contributed by atoms with van der Waals surface area (Å²) in [6, 6.07) is 0. The van der Waals surface area contributed by atoms with Crippen LogP contribution in [0.5, 0.6) is 0 Å². The first-order chi connectivity index (χ1) is 7.36. The second-order valence-corrected chi connectivity index (χ2v) is 4.78. The molecule has 0 amide bonds. The summed E-state index contributed by atoms with van der Waals surface area (Å²) >= 11 is 0. The molecule has 1 aromatic rings. The van der Waals surface area contributed by atoms with Crippen LogP contribution in [0.3, 0.4) is 0 Å². The number of rotatable bonds is 2. The molecule has 0 bridgehead atoms. The summed E-state index contributed by atoms with van der Waals surface area (Å²) in [4.78, 5) is 4.61. The van der Waals surface area contributed by atoms with Crippen LogP contribution in [-0.2, 0) is 13.0 Å². The van der Waals surface area contributed by atoms with Gasteiger partial charge >= 0.3 is 0 Å². The molecule has 4 nitrogen and oxygen atoms in total. The molecule has 1 unspecified atom stereocenters. The first-order valence-corrected chi connectivity index (χ1v) is 5.91. The van der Waals surface area contributed by atoms with Gasteiger partial charge in [-0.1, -0.05) is 6.42 Å². The van der Waals surface area contributed by atoms with Gasteiger partial charge in [-0.3, -0.25) is 0 Å². The standard InChI is InChI=1S/C11H17N3O/c15-7-8-4-5-14-10(6-8)12-11(13-14)9-2-1-3-9/h8-9,15H,1-7H2. The SMILES string of the molecule is OCC1CCn2nc(C3CCC3)nc2C1. The van der Waals surface area contributed by atoms with Crippen LogP contribution in [0.15, 0.2) is 0 Å². The maximum Gasteiger partial charge on any atom is 0.154 e. The third-order valence-electron chi connectivity index (χ3n) is 3.71. The van der Waals surface area contributed by atoms with E-state index in [0.29, 0.717) is 11.8 Å². The van der Waals surface area contributed by atoms with Crippen LogP contribution < -0.4 is 0 Å². The highest BCUT2D eigenvalue weighted by molar-refractivity contribution is 5.04. The molecule has 1 aromatic heterocycles. The molecule has 1 aliphatic carbocycles. The number of aliphatic hydroxyl groups excluding tert-OH is 1. The van der Waals surface area contributed by atoms with Crippen LogP contribution in [-0.4, -0.2) is 26.5 Å². The molecule has 1 N–H and O–H groups in total. The van der Waals surface area contributed by atoms with E-state index in [2.05, 4.69) is 10.1 Å². The van der Waals surface area contributed by atoms with Gasteiger partial charge in [0.2, 0.25) is 0 Å². The monoisotopic (exact) mass is 207 g/mol. The maximum atomic E-state index is 9.13. The molecular formula is C11H17N3O. The van der Waals surface area contributed by atoms with E-state index in [1.165, 1.54) is 19.3 Å². The van der Waals surface area contributed by atoms with Crippen LogP contribution in [0.4, 0.5) is 0 Å². The molecule has 82 valence electrons. The molecule has 0 aromatic carbocycles. The second kappa shape index (κ2) is 3.59. The fraction of sp³-hybridized carbons (Fsp3) is 0.818. The van der Waals surface area contributed by atoms with E-state index >= 15 is 0 Å². The Hall–Kier alpha value is -0.900. The van der Waals surface area contributed by atoms with E-state index in [1.807, 2.05) is 4.68 Å². The minimum atomic E-state index is 0.283. The van der Waals surface area contributed by atoms with Crippen molar-refractivity contribution in [1.82, 2.24) is 14.8 Å². The zero-order chi connectivity index (χ0) is 10.3. The van der Waals surface area contributed by atoms with Crippen molar-refractivity contribution in [3.63, 3.8) is 0 Å². The lowest BCUT2D eigenvalue weighted by Crippen LogP contribution is -2.22. The van der Waals surface area contributed by atoms with Crippen molar-refractivity contribution in [3.05, 3.63) is 11.6 Å².